The van der Waals surface area contributed by atoms with Gasteiger partial charge >= 0.3 is 0 Å². The van der Waals surface area contributed by atoms with Crippen molar-refractivity contribution in [3.63, 3.8) is 0 Å². The van der Waals surface area contributed by atoms with E-state index in [1.54, 1.807) is 0 Å². The number of hydrogen-bond acceptors (Lipinski definition) is 2. The zero-order valence-corrected chi connectivity index (χ0v) is 10.4. The molecule has 0 aromatic carbocycles. The van der Waals surface area contributed by atoms with Crippen molar-refractivity contribution in [2.45, 2.75) is 40.2 Å². The number of nitrogens with one attached hydrogen (secondary N) is 1. The normalized spacial score (nSPS) is 24.9. The van der Waals surface area contributed by atoms with Crippen LogP contribution in [0.4, 0.5) is 0 Å². The van der Waals surface area contributed by atoms with E-state index in [4.69, 9.17) is 0 Å². The van der Waals surface area contributed by atoms with Gasteiger partial charge < -0.3 is 10.2 Å². The molecule has 2 nitrogen and oxygen atoms in total. The highest BCUT2D eigenvalue weighted by Crippen LogP contribution is 2.25. The van der Waals surface area contributed by atoms with E-state index in [1.807, 2.05) is 0 Å². The largest absolute Gasteiger partial charge is 0.312 e. The molecule has 0 spiro atoms. The van der Waals surface area contributed by atoms with Crippen LogP contribution >= 0.6 is 0 Å². The fraction of sp³-hybridized carbons (Fsp3) is 1.00. The van der Waals surface area contributed by atoms with Crippen LogP contribution in [0.25, 0.3) is 0 Å². The Morgan fingerprint density at radius 2 is 2.07 bits per heavy atom. The first-order valence-corrected chi connectivity index (χ1v) is 5.84. The van der Waals surface area contributed by atoms with Crippen molar-refractivity contribution in [1.82, 2.24) is 10.2 Å². The monoisotopic (exact) mass is 198 g/mol. The van der Waals surface area contributed by atoms with Gasteiger partial charge in [-0.05, 0) is 31.3 Å². The summed E-state index contributed by atoms with van der Waals surface area (Å²) < 4.78 is 0. The molecule has 1 saturated heterocycles. The van der Waals surface area contributed by atoms with Crippen LogP contribution in [0.15, 0.2) is 0 Å². The zero-order chi connectivity index (χ0) is 10.8. The molecule has 14 heavy (non-hydrogen) atoms. The highest BCUT2D eigenvalue weighted by atomic mass is 15.2. The fourth-order valence-corrected chi connectivity index (χ4v) is 1.71. The van der Waals surface area contributed by atoms with Gasteiger partial charge in [-0.15, -0.1) is 0 Å². The quantitative estimate of drug-likeness (QED) is 0.743. The summed E-state index contributed by atoms with van der Waals surface area (Å²) in [4.78, 5) is 2.40. The molecule has 0 amide bonds. The lowest BCUT2D eigenvalue weighted by Gasteiger charge is -2.31. The molecule has 1 N–H and O–H groups in total. The Morgan fingerprint density at radius 3 is 2.50 bits per heavy atom. The molecule has 1 atom stereocenters. The molecule has 0 aromatic heterocycles. The Hall–Kier alpha value is -0.0800. The minimum atomic E-state index is 0.418. The maximum atomic E-state index is 3.69. The van der Waals surface area contributed by atoms with Gasteiger partial charge in [0, 0.05) is 19.1 Å². The highest BCUT2D eigenvalue weighted by Gasteiger charge is 2.25. The zero-order valence-electron chi connectivity index (χ0n) is 10.4. The number of rotatable bonds is 4. The second-order valence-corrected chi connectivity index (χ2v) is 5.77. The predicted octanol–water partition coefficient (Wildman–Crippen LogP) is 1.96. The molecule has 1 fully saturated rings. The minimum Gasteiger partial charge on any atom is -0.312 e. The predicted molar refractivity (Wildman–Crippen MR) is 62.5 cm³/mol. The van der Waals surface area contributed by atoms with Crippen LogP contribution in [0.1, 0.15) is 34.1 Å². The van der Waals surface area contributed by atoms with Gasteiger partial charge in [-0.2, -0.15) is 0 Å². The summed E-state index contributed by atoms with van der Waals surface area (Å²) >= 11 is 0. The molecule has 0 bridgehead atoms. The Labute approximate surface area is 89.1 Å². The second kappa shape index (κ2) is 4.63. The van der Waals surface area contributed by atoms with E-state index < -0.39 is 0 Å². The molecular weight excluding hydrogens is 172 g/mol. The Morgan fingerprint density at radius 1 is 1.43 bits per heavy atom. The first-order valence-electron chi connectivity index (χ1n) is 5.84. The van der Waals surface area contributed by atoms with Crippen LogP contribution < -0.4 is 5.32 Å². The van der Waals surface area contributed by atoms with Crippen molar-refractivity contribution in [1.29, 1.82) is 0 Å². The fourth-order valence-electron chi connectivity index (χ4n) is 1.71. The van der Waals surface area contributed by atoms with Gasteiger partial charge in [0.05, 0.1) is 0 Å². The van der Waals surface area contributed by atoms with Crippen LogP contribution in [-0.4, -0.2) is 37.6 Å². The van der Waals surface area contributed by atoms with E-state index >= 15 is 0 Å². The molecule has 1 aliphatic rings. The third-order valence-electron chi connectivity index (χ3n) is 3.80. The van der Waals surface area contributed by atoms with Crippen LogP contribution in [-0.2, 0) is 0 Å². The molecular formula is C12H26N2. The SMILES string of the molecule is CC(C)C(C)(C)CNC1CCN(C)C1. The molecule has 0 saturated carbocycles. The summed E-state index contributed by atoms with van der Waals surface area (Å²) in [6.07, 6.45) is 1.31. The maximum Gasteiger partial charge on any atom is 0.0207 e. The molecule has 2 heteroatoms. The topological polar surface area (TPSA) is 15.3 Å². The molecule has 0 aromatic rings. The summed E-state index contributed by atoms with van der Waals surface area (Å²) in [5.74, 6) is 0.745. The van der Waals surface area contributed by atoms with E-state index in [9.17, 15) is 0 Å². The first kappa shape index (κ1) is 12.0. The van der Waals surface area contributed by atoms with Gasteiger partial charge in [-0.1, -0.05) is 27.7 Å². The molecule has 1 rings (SSSR count). The number of hydrogen-bond donors (Lipinski definition) is 1. The molecule has 1 aliphatic heterocycles. The van der Waals surface area contributed by atoms with E-state index in [0.29, 0.717) is 5.41 Å². The summed E-state index contributed by atoms with van der Waals surface area (Å²) in [5, 5.41) is 3.69. The average Bonchev–Trinajstić information content (AvgIpc) is 2.48. The lowest BCUT2D eigenvalue weighted by atomic mass is 9.81. The van der Waals surface area contributed by atoms with Crippen molar-refractivity contribution in [3.05, 3.63) is 0 Å². The number of likely N-dealkylation sites (N-methyl/N-ethyl adjacent to an activating group) is 1. The van der Waals surface area contributed by atoms with Gasteiger partial charge in [0.15, 0.2) is 0 Å². The third-order valence-corrected chi connectivity index (χ3v) is 3.80. The Bertz CT molecular complexity index is 175. The van der Waals surface area contributed by atoms with E-state index in [2.05, 4.69) is 45.0 Å². The standard InChI is InChI=1S/C12H26N2/c1-10(2)12(3,4)9-13-11-6-7-14(5)8-11/h10-11,13H,6-9H2,1-5H3. The summed E-state index contributed by atoms with van der Waals surface area (Å²) in [6, 6.07) is 0.720. The van der Waals surface area contributed by atoms with Crippen molar-refractivity contribution >= 4 is 0 Å². The molecule has 1 heterocycles. The van der Waals surface area contributed by atoms with Crippen molar-refractivity contribution in [2.75, 3.05) is 26.7 Å². The van der Waals surface area contributed by atoms with Gasteiger partial charge in [0.25, 0.3) is 0 Å². The maximum absolute atomic E-state index is 3.69. The Kier molecular flexibility index (Phi) is 3.96. The van der Waals surface area contributed by atoms with Crippen LogP contribution in [0.3, 0.4) is 0 Å². The second-order valence-electron chi connectivity index (χ2n) is 5.77. The summed E-state index contributed by atoms with van der Waals surface area (Å²) in [5.41, 5.74) is 0.418. The third kappa shape index (κ3) is 3.25. The van der Waals surface area contributed by atoms with Crippen LogP contribution in [0.2, 0.25) is 0 Å². The molecule has 0 radical (unpaired) electrons. The molecule has 84 valence electrons. The first-order chi connectivity index (χ1) is 6.42. The van der Waals surface area contributed by atoms with Gasteiger partial charge in [-0.25, -0.2) is 0 Å². The average molecular weight is 198 g/mol. The lowest BCUT2D eigenvalue weighted by molar-refractivity contribution is 0.228. The number of likely N-dealkylation sites (tertiary alicyclic amines) is 1. The number of nitrogens with zero attached hydrogens (tertiary/aromatic N) is 1. The van der Waals surface area contributed by atoms with Crippen molar-refractivity contribution in [3.8, 4) is 0 Å². The van der Waals surface area contributed by atoms with Gasteiger partial charge in [0.1, 0.15) is 0 Å². The Balaban J connectivity index is 2.26. The summed E-state index contributed by atoms with van der Waals surface area (Å²) in [7, 11) is 2.20. The van der Waals surface area contributed by atoms with Crippen molar-refractivity contribution in [2.24, 2.45) is 11.3 Å². The smallest absolute Gasteiger partial charge is 0.0207 e. The molecule has 1 unspecified atom stereocenters. The van der Waals surface area contributed by atoms with Gasteiger partial charge in [0.2, 0.25) is 0 Å². The van der Waals surface area contributed by atoms with Crippen LogP contribution in [0.5, 0.6) is 0 Å². The van der Waals surface area contributed by atoms with Crippen molar-refractivity contribution < 1.29 is 0 Å². The van der Waals surface area contributed by atoms with Crippen LogP contribution in [0, 0.1) is 11.3 Å². The highest BCUT2D eigenvalue weighted by molar-refractivity contribution is 4.83. The van der Waals surface area contributed by atoms with E-state index in [1.165, 1.54) is 19.5 Å². The van der Waals surface area contributed by atoms with Gasteiger partial charge in [-0.3, -0.25) is 0 Å². The van der Waals surface area contributed by atoms with E-state index in [-0.39, 0.29) is 0 Å². The lowest BCUT2D eigenvalue weighted by Crippen LogP contribution is -2.40. The van der Waals surface area contributed by atoms with E-state index in [0.717, 1.165) is 18.5 Å². The summed E-state index contributed by atoms with van der Waals surface area (Å²) in [6.45, 7) is 12.9. The molecule has 0 aliphatic carbocycles. The minimum absolute atomic E-state index is 0.418.